The molecule has 18 heavy (non-hydrogen) atoms. The van der Waals surface area contributed by atoms with Crippen LogP contribution in [0, 0.1) is 18.3 Å². The molecule has 2 rings (SSSR count). The van der Waals surface area contributed by atoms with Crippen LogP contribution in [0.5, 0.6) is 11.6 Å². The number of pyridine rings is 1. The monoisotopic (exact) mass is 303 g/mol. The average Bonchev–Trinajstić information content (AvgIpc) is 2.36. The summed E-state index contributed by atoms with van der Waals surface area (Å²) in [6.07, 6.45) is 1.67. The SMILES string of the molecule is Cc1cc(Oc2ccc(C#N)cc2N)ncc1Br. The predicted molar refractivity (Wildman–Crippen MR) is 72.3 cm³/mol. The van der Waals surface area contributed by atoms with Crippen molar-refractivity contribution in [2.45, 2.75) is 6.92 Å². The molecule has 0 unspecified atom stereocenters. The smallest absolute Gasteiger partial charge is 0.219 e. The molecule has 0 spiro atoms. The van der Waals surface area contributed by atoms with Crippen LogP contribution in [0.25, 0.3) is 0 Å². The number of aromatic nitrogens is 1. The van der Waals surface area contributed by atoms with Crippen LogP contribution >= 0.6 is 15.9 Å². The summed E-state index contributed by atoms with van der Waals surface area (Å²) >= 11 is 3.37. The van der Waals surface area contributed by atoms with Crippen LogP contribution in [0.1, 0.15) is 11.1 Å². The molecule has 0 fully saturated rings. The van der Waals surface area contributed by atoms with E-state index in [0.717, 1.165) is 10.0 Å². The highest BCUT2D eigenvalue weighted by atomic mass is 79.9. The maximum Gasteiger partial charge on any atom is 0.219 e. The zero-order chi connectivity index (χ0) is 13.1. The Morgan fingerprint density at radius 3 is 2.78 bits per heavy atom. The average molecular weight is 304 g/mol. The van der Waals surface area contributed by atoms with Gasteiger partial charge in [0.05, 0.1) is 17.3 Å². The second-order valence-corrected chi connectivity index (χ2v) is 4.59. The standard InChI is InChI=1S/C13H10BrN3O/c1-8-4-13(17-7-10(8)14)18-12-3-2-9(6-15)5-11(12)16/h2-5,7H,16H2,1H3. The van der Waals surface area contributed by atoms with Gasteiger partial charge in [-0.1, -0.05) is 0 Å². The van der Waals surface area contributed by atoms with E-state index < -0.39 is 0 Å². The van der Waals surface area contributed by atoms with Gasteiger partial charge in [-0.05, 0) is 46.6 Å². The van der Waals surface area contributed by atoms with Gasteiger partial charge in [-0.2, -0.15) is 5.26 Å². The van der Waals surface area contributed by atoms with Crippen molar-refractivity contribution in [3.8, 4) is 17.7 Å². The van der Waals surface area contributed by atoms with Crippen LogP contribution in [0.15, 0.2) is 34.9 Å². The third-order valence-electron chi connectivity index (χ3n) is 2.38. The van der Waals surface area contributed by atoms with Crippen molar-refractivity contribution in [3.05, 3.63) is 46.1 Å². The van der Waals surface area contributed by atoms with Crippen LogP contribution in [0.2, 0.25) is 0 Å². The number of nitrogens with two attached hydrogens (primary N) is 1. The molecular weight excluding hydrogens is 294 g/mol. The number of halogens is 1. The molecule has 0 saturated heterocycles. The molecule has 2 aromatic rings. The number of rotatable bonds is 2. The van der Waals surface area contributed by atoms with Crippen LogP contribution in [-0.4, -0.2) is 4.98 Å². The van der Waals surface area contributed by atoms with Gasteiger partial charge in [-0.25, -0.2) is 4.98 Å². The lowest BCUT2D eigenvalue weighted by molar-refractivity contribution is 0.464. The van der Waals surface area contributed by atoms with E-state index in [-0.39, 0.29) is 0 Å². The Labute approximate surface area is 113 Å². The van der Waals surface area contributed by atoms with Gasteiger partial charge in [0.2, 0.25) is 5.88 Å². The molecule has 1 aromatic carbocycles. The summed E-state index contributed by atoms with van der Waals surface area (Å²) in [5.74, 6) is 0.954. The van der Waals surface area contributed by atoms with Gasteiger partial charge in [0, 0.05) is 16.7 Å². The molecule has 0 aliphatic carbocycles. The fourth-order valence-corrected chi connectivity index (χ4v) is 1.61. The van der Waals surface area contributed by atoms with Crippen LogP contribution in [0.4, 0.5) is 5.69 Å². The molecule has 0 radical (unpaired) electrons. The molecule has 5 heteroatoms. The van der Waals surface area contributed by atoms with Gasteiger partial charge in [0.1, 0.15) is 0 Å². The highest BCUT2D eigenvalue weighted by molar-refractivity contribution is 9.10. The molecule has 0 bridgehead atoms. The summed E-state index contributed by atoms with van der Waals surface area (Å²) in [7, 11) is 0. The lowest BCUT2D eigenvalue weighted by atomic mass is 10.2. The number of ether oxygens (including phenoxy) is 1. The van der Waals surface area contributed by atoms with E-state index in [1.165, 1.54) is 0 Å². The lowest BCUT2D eigenvalue weighted by Crippen LogP contribution is -1.95. The maximum absolute atomic E-state index is 8.75. The van der Waals surface area contributed by atoms with Gasteiger partial charge < -0.3 is 10.5 Å². The third kappa shape index (κ3) is 2.60. The summed E-state index contributed by atoms with van der Waals surface area (Å²) in [6.45, 7) is 1.95. The minimum Gasteiger partial charge on any atom is -0.437 e. The zero-order valence-corrected chi connectivity index (χ0v) is 11.2. The second-order valence-electron chi connectivity index (χ2n) is 3.74. The number of hydrogen-bond donors (Lipinski definition) is 1. The largest absolute Gasteiger partial charge is 0.437 e. The van der Waals surface area contributed by atoms with E-state index in [1.807, 2.05) is 19.1 Å². The van der Waals surface area contributed by atoms with Gasteiger partial charge in [-0.3, -0.25) is 0 Å². The third-order valence-corrected chi connectivity index (χ3v) is 3.21. The highest BCUT2D eigenvalue weighted by Crippen LogP contribution is 2.28. The molecule has 0 atom stereocenters. The number of benzene rings is 1. The Kier molecular flexibility index (Phi) is 3.49. The van der Waals surface area contributed by atoms with Crippen molar-refractivity contribution in [1.82, 2.24) is 4.98 Å². The molecule has 1 heterocycles. The van der Waals surface area contributed by atoms with Gasteiger partial charge in [-0.15, -0.1) is 0 Å². The zero-order valence-electron chi connectivity index (χ0n) is 9.64. The lowest BCUT2D eigenvalue weighted by Gasteiger charge is -2.08. The van der Waals surface area contributed by atoms with E-state index in [4.69, 9.17) is 15.7 Å². The van der Waals surface area contributed by atoms with Crippen molar-refractivity contribution in [2.24, 2.45) is 0 Å². The Morgan fingerprint density at radius 1 is 1.39 bits per heavy atom. The van der Waals surface area contributed by atoms with Crippen LogP contribution < -0.4 is 10.5 Å². The van der Waals surface area contributed by atoms with E-state index in [9.17, 15) is 0 Å². The normalized spacial score (nSPS) is 9.83. The molecule has 1 aromatic heterocycles. The topological polar surface area (TPSA) is 71.9 Å². The Hall–Kier alpha value is -2.06. The summed E-state index contributed by atoms with van der Waals surface area (Å²) in [5.41, 5.74) is 7.73. The Balaban J connectivity index is 2.29. The van der Waals surface area contributed by atoms with Crippen molar-refractivity contribution in [1.29, 1.82) is 5.26 Å². The van der Waals surface area contributed by atoms with Crippen LogP contribution in [-0.2, 0) is 0 Å². The molecule has 2 N–H and O–H groups in total. The van der Waals surface area contributed by atoms with Crippen molar-refractivity contribution in [3.63, 3.8) is 0 Å². The summed E-state index contributed by atoms with van der Waals surface area (Å²) in [6, 6.07) is 8.71. The number of nitrogens with zero attached hydrogens (tertiary/aromatic N) is 2. The van der Waals surface area contributed by atoms with Crippen molar-refractivity contribution in [2.75, 3.05) is 5.73 Å². The first-order valence-corrected chi connectivity index (χ1v) is 5.99. The quantitative estimate of drug-likeness (QED) is 0.863. The van der Waals surface area contributed by atoms with E-state index >= 15 is 0 Å². The molecule has 0 amide bonds. The highest BCUT2D eigenvalue weighted by Gasteiger charge is 2.05. The first-order valence-electron chi connectivity index (χ1n) is 5.20. The van der Waals surface area contributed by atoms with Gasteiger partial charge in [0.25, 0.3) is 0 Å². The number of nitrogen functional groups attached to an aromatic ring is 1. The van der Waals surface area contributed by atoms with Gasteiger partial charge >= 0.3 is 0 Å². The fraction of sp³-hybridized carbons (Fsp3) is 0.0769. The van der Waals surface area contributed by atoms with Crippen molar-refractivity contribution < 1.29 is 4.74 Å². The molecule has 90 valence electrons. The Morgan fingerprint density at radius 2 is 2.17 bits per heavy atom. The first kappa shape index (κ1) is 12.4. The van der Waals surface area contributed by atoms with Crippen molar-refractivity contribution >= 4 is 21.6 Å². The molecule has 0 aliphatic heterocycles. The van der Waals surface area contributed by atoms with E-state index in [1.54, 1.807) is 24.4 Å². The fourth-order valence-electron chi connectivity index (χ4n) is 1.39. The summed E-state index contributed by atoms with van der Waals surface area (Å²) in [5, 5.41) is 8.75. The van der Waals surface area contributed by atoms with E-state index in [0.29, 0.717) is 22.9 Å². The molecule has 0 saturated carbocycles. The Bertz CT molecular complexity index is 635. The minimum absolute atomic E-state index is 0.413. The minimum atomic E-state index is 0.413. The number of anilines is 1. The number of aryl methyl sites for hydroxylation is 1. The number of nitriles is 1. The summed E-state index contributed by atoms with van der Waals surface area (Å²) < 4.78 is 6.50. The first-order chi connectivity index (χ1) is 8.60. The van der Waals surface area contributed by atoms with Crippen LogP contribution in [0.3, 0.4) is 0 Å². The molecule has 4 nitrogen and oxygen atoms in total. The summed E-state index contributed by atoms with van der Waals surface area (Å²) in [4.78, 5) is 4.13. The van der Waals surface area contributed by atoms with E-state index in [2.05, 4.69) is 20.9 Å². The number of hydrogen-bond acceptors (Lipinski definition) is 4. The van der Waals surface area contributed by atoms with Gasteiger partial charge in [0.15, 0.2) is 5.75 Å². The molecular formula is C13H10BrN3O. The second kappa shape index (κ2) is 5.07. The maximum atomic E-state index is 8.75. The molecule has 0 aliphatic rings. The predicted octanol–water partition coefficient (Wildman–Crippen LogP) is 3.40.